The first-order valence-corrected chi connectivity index (χ1v) is 3.92. The summed E-state index contributed by atoms with van der Waals surface area (Å²) in [6.45, 7) is 2.84. The molecule has 5 heteroatoms. The van der Waals surface area contributed by atoms with Gasteiger partial charge in [0.1, 0.15) is 11.9 Å². The molecule has 0 aromatic rings. The van der Waals surface area contributed by atoms with E-state index >= 15 is 0 Å². The molecule has 3 atom stereocenters. The van der Waals surface area contributed by atoms with Crippen molar-refractivity contribution in [1.29, 1.82) is 0 Å². The van der Waals surface area contributed by atoms with E-state index in [-0.39, 0.29) is 5.76 Å². The first kappa shape index (κ1) is 10.0. The smallest absolute Gasteiger partial charge is 0.303 e. The third-order valence-electron chi connectivity index (χ3n) is 1.68. The van der Waals surface area contributed by atoms with E-state index < -0.39 is 24.5 Å². The molecule has 0 spiro atoms. The molecule has 0 fully saturated rings. The van der Waals surface area contributed by atoms with Crippen LogP contribution in [-0.2, 0) is 14.3 Å². The summed E-state index contributed by atoms with van der Waals surface area (Å²) in [7, 11) is 0. The van der Waals surface area contributed by atoms with Crippen LogP contribution in [0.15, 0.2) is 11.8 Å². The molecule has 2 N–H and O–H groups in total. The first-order chi connectivity index (χ1) is 6.00. The van der Waals surface area contributed by atoms with Gasteiger partial charge < -0.3 is 19.7 Å². The van der Waals surface area contributed by atoms with Crippen LogP contribution in [0.1, 0.15) is 13.8 Å². The molecule has 0 bridgehead atoms. The average Bonchev–Trinajstić information content (AvgIpc) is 1.96. The quantitative estimate of drug-likeness (QED) is 0.570. The third kappa shape index (κ3) is 2.43. The zero-order valence-corrected chi connectivity index (χ0v) is 7.43. The van der Waals surface area contributed by atoms with E-state index in [1.165, 1.54) is 6.92 Å². The highest BCUT2D eigenvalue weighted by Crippen LogP contribution is 2.19. The Morgan fingerprint density at radius 1 is 1.69 bits per heavy atom. The molecule has 1 heterocycles. The number of hydrogen-bond acceptors (Lipinski definition) is 5. The van der Waals surface area contributed by atoms with E-state index in [9.17, 15) is 9.90 Å². The summed E-state index contributed by atoms with van der Waals surface area (Å²) in [6.07, 6.45) is -1.42. The Morgan fingerprint density at radius 2 is 2.31 bits per heavy atom. The monoisotopic (exact) mass is 188 g/mol. The number of carbonyl (C=O) groups excluding carboxylic acids is 1. The Bertz CT molecular complexity index is 235. The van der Waals surface area contributed by atoms with Crippen LogP contribution in [0.4, 0.5) is 0 Å². The predicted molar refractivity (Wildman–Crippen MR) is 42.8 cm³/mol. The van der Waals surface area contributed by atoms with Crippen molar-refractivity contribution in [2.24, 2.45) is 0 Å². The van der Waals surface area contributed by atoms with Gasteiger partial charge in [0.05, 0.1) is 0 Å². The fraction of sp³-hybridized carbons (Fsp3) is 0.625. The van der Waals surface area contributed by atoms with E-state index in [4.69, 9.17) is 14.6 Å². The van der Waals surface area contributed by atoms with Gasteiger partial charge in [0.2, 0.25) is 0 Å². The van der Waals surface area contributed by atoms with Crippen molar-refractivity contribution >= 4 is 5.97 Å². The second-order valence-corrected chi connectivity index (χ2v) is 2.85. The lowest BCUT2D eigenvalue weighted by Crippen LogP contribution is -2.39. The van der Waals surface area contributed by atoms with Gasteiger partial charge >= 0.3 is 5.97 Å². The van der Waals surface area contributed by atoms with Crippen molar-refractivity contribution < 1.29 is 24.5 Å². The number of aliphatic hydroxyl groups is 2. The van der Waals surface area contributed by atoms with Gasteiger partial charge in [-0.05, 0) is 6.92 Å². The highest BCUT2D eigenvalue weighted by atomic mass is 16.6. The van der Waals surface area contributed by atoms with Gasteiger partial charge in [0.25, 0.3) is 0 Å². The largest absolute Gasteiger partial charge is 0.508 e. The van der Waals surface area contributed by atoms with Crippen LogP contribution < -0.4 is 0 Å². The molecule has 1 aliphatic heterocycles. The zero-order valence-electron chi connectivity index (χ0n) is 7.43. The van der Waals surface area contributed by atoms with Crippen LogP contribution in [0.3, 0.4) is 0 Å². The molecule has 1 rings (SSSR count). The second-order valence-electron chi connectivity index (χ2n) is 2.85. The normalized spacial score (nSPS) is 33.8. The van der Waals surface area contributed by atoms with Crippen LogP contribution in [0.25, 0.3) is 0 Å². The summed E-state index contributed by atoms with van der Waals surface area (Å²) in [5.41, 5.74) is 0. The molecular formula is C8H12O5. The number of ether oxygens (including phenoxy) is 2. The Labute approximate surface area is 75.6 Å². The van der Waals surface area contributed by atoms with Gasteiger partial charge in [-0.15, -0.1) is 0 Å². The summed E-state index contributed by atoms with van der Waals surface area (Å²) >= 11 is 0. The Kier molecular flexibility index (Phi) is 2.90. The maximum Gasteiger partial charge on any atom is 0.303 e. The Morgan fingerprint density at radius 3 is 2.77 bits per heavy atom. The number of esters is 1. The molecular weight excluding hydrogens is 176 g/mol. The summed E-state index contributed by atoms with van der Waals surface area (Å²) < 4.78 is 9.68. The van der Waals surface area contributed by atoms with Gasteiger partial charge in [-0.3, -0.25) is 4.79 Å². The van der Waals surface area contributed by atoms with Crippen molar-refractivity contribution in [2.75, 3.05) is 0 Å². The molecule has 74 valence electrons. The Balaban J connectivity index is 2.71. The summed E-state index contributed by atoms with van der Waals surface area (Å²) in [5.74, 6) is -0.682. The van der Waals surface area contributed by atoms with E-state index in [2.05, 4.69) is 0 Å². The van der Waals surface area contributed by atoms with Crippen LogP contribution in [0.5, 0.6) is 0 Å². The fourth-order valence-corrected chi connectivity index (χ4v) is 1.15. The van der Waals surface area contributed by atoms with E-state index in [0.717, 1.165) is 6.08 Å². The van der Waals surface area contributed by atoms with Crippen LogP contribution >= 0.6 is 0 Å². The molecule has 0 saturated carbocycles. The summed E-state index contributed by atoms with van der Waals surface area (Å²) in [5, 5.41) is 18.3. The van der Waals surface area contributed by atoms with E-state index in [1.807, 2.05) is 0 Å². The fourth-order valence-electron chi connectivity index (χ4n) is 1.15. The van der Waals surface area contributed by atoms with Crippen molar-refractivity contribution in [3.8, 4) is 0 Å². The minimum absolute atomic E-state index is 0.179. The van der Waals surface area contributed by atoms with Crippen molar-refractivity contribution in [1.82, 2.24) is 0 Å². The summed E-state index contributed by atoms with van der Waals surface area (Å²) in [4.78, 5) is 10.6. The number of carbonyl (C=O) groups is 1. The minimum atomic E-state index is -1.14. The predicted octanol–water partition coefficient (Wildman–Crippen LogP) is 0.0971. The molecule has 0 amide bonds. The number of hydrogen-bond donors (Lipinski definition) is 2. The van der Waals surface area contributed by atoms with E-state index in [0.29, 0.717) is 0 Å². The standard InChI is InChI=1S/C8H12O5/c1-4-8(13-5(2)9)6(10)3-7(11)12-4/h3-4,7-8,10-11H,1-2H3/t4-,7-,8+/m1/s1. The average molecular weight is 188 g/mol. The molecule has 0 aromatic carbocycles. The van der Waals surface area contributed by atoms with Crippen molar-refractivity contribution in [2.45, 2.75) is 32.3 Å². The lowest BCUT2D eigenvalue weighted by molar-refractivity contribution is -0.175. The maximum atomic E-state index is 10.6. The molecule has 13 heavy (non-hydrogen) atoms. The second kappa shape index (κ2) is 3.76. The molecule has 0 radical (unpaired) electrons. The maximum absolute atomic E-state index is 10.6. The molecule has 5 nitrogen and oxygen atoms in total. The lowest BCUT2D eigenvalue weighted by atomic mass is 10.1. The summed E-state index contributed by atoms with van der Waals surface area (Å²) in [6, 6.07) is 0. The molecule has 0 aromatic heterocycles. The van der Waals surface area contributed by atoms with Crippen molar-refractivity contribution in [3.05, 3.63) is 11.8 Å². The molecule has 0 aliphatic carbocycles. The first-order valence-electron chi connectivity index (χ1n) is 3.92. The zero-order chi connectivity index (χ0) is 10.0. The van der Waals surface area contributed by atoms with Gasteiger partial charge in [-0.25, -0.2) is 0 Å². The van der Waals surface area contributed by atoms with Gasteiger partial charge in [0.15, 0.2) is 12.4 Å². The SMILES string of the molecule is CC(=O)O[C@@H]1C(O)=C[C@H](O)O[C@@H]1C. The lowest BCUT2D eigenvalue weighted by Gasteiger charge is -2.28. The van der Waals surface area contributed by atoms with Gasteiger partial charge in [0, 0.05) is 13.0 Å². The topological polar surface area (TPSA) is 76.0 Å². The van der Waals surface area contributed by atoms with Crippen molar-refractivity contribution in [3.63, 3.8) is 0 Å². The number of rotatable bonds is 1. The van der Waals surface area contributed by atoms with Gasteiger partial charge in [-0.1, -0.05) is 0 Å². The van der Waals surface area contributed by atoms with Crippen LogP contribution in [-0.4, -0.2) is 34.7 Å². The van der Waals surface area contributed by atoms with Crippen LogP contribution in [0.2, 0.25) is 0 Å². The molecule has 0 unspecified atom stereocenters. The van der Waals surface area contributed by atoms with E-state index in [1.54, 1.807) is 6.92 Å². The number of aliphatic hydroxyl groups excluding tert-OH is 2. The molecule has 1 aliphatic rings. The molecule has 0 saturated heterocycles. The minimum Gasteiger partial charge on any atom is -0.508 e. The Hall–Kier alpha value is -1.07. The highest BCUT2D eigenvalue weighted by Gasteiger charge is 2.31. The third-order valence-corrected chi connectivity index (χ3v) is 1.68. The van der Waals surface area contributed by atoms with Crippen LogP contribution in [0, 0.1) is 0 Å². The highest BCUT2D eigenvalue weighted by molar-refractivity contribution is 5.66. The van der Waals surface area contributed by atoms with Gasteiger partial charge in [-0.2, -0.15) is 0 Å².